The Kier molecular flexibility index (Phi) is 4.52. The van der Waals surface area contributed by atoms with Gasteiger partial charge in [0.25, 0.3) is 0 Å². The maximum absolute atomic E-state index is 12.4. The van der Waals surface area contributed by atoms with Crippen molar-refractivity contribution in [1.82, 2.24) is 4.90 Å². The molecule has 2 nitrogen and oxygen atoms in total. The van der Waals surface area contributed by atoms with Crippen molar-refractivity contribution >= 4 is 0 Å². The molecule has 0 N–H and O–H groups in total. The molecule has 0 atom stereocenters. The van der Waals surface area contributed by atoms with Gasteiger partial charge < -0.3 is 4.74 Å². The van der Waals surface area contributed by atoms with Crippen LogP contribution in [0.25, 0.3) is 0 Å². The molecular weight excluding hydrogens is 152 g/mol. The molecule has 0 saturated heterocycles. The van der Waals surface area contributed by atoms with Crippen LogP contribution in [0.2, 0.25) is 0 Å². The lowest BCUT2D eigenvalue weighted by Crippen LogP contribution is -2.29. The summed E-state index contributed by atoms with van der Waals surface area (Å²) in [5.41, 5.74) is 0. The Morgan fingerprint density at radius 3 is 2.27 bits per heavy atom. The first kappa shape index (κ1) is 10.8. The molecule has 4 heteroatoms. The zero-order chi connectivity index (χ0) is 8.91. The minimum Gasteiger partial charge on any atom is -0.305 e. The van der Waals surface area contributed by atoms with Crippen molar-refractivity contribution in [1.29, 1.82) is 0 Å². The molecule has 0 unspecified atom stereocenters. The molecular formula is C7H15F2NO. The van der Waals surface area contributed by atoms with Gasteiger partial charge in [-0.05, 0) is 13.6 Å². The average Bonchev–Trinajstić information content (AvgIpc) is 2.00. The van der Waals surface area contributed by atoms with E-state index in [-0.39, 0.29) is 13.2 Å². The van der Waals surface area contributed by atoms with Crippen molar-refractivity contribution in [2.75, 3.05) is 20.3 Å². The van der Waals surface area contributed by atoms with Crippen LogP contribution in [0.5, 0.6) is 0 Å². The fourth-order valence-corrected chi connectivity index (χ4v) is 0.398. The predicted molar refractivity (Wildman–Crippen MR) is 39.5 cm³/mol. The topological polar surface area (TPSA) is 12.5 Å². The lowest BCUT2D eigenvalue weighted by atomic mass is 10.5. The SMILES string of the molecule is CCN(C)COC(F)(F)CC. The van der Waals surface area contributed by atoms with Gasteiger partial charge in [-0.1, -0.05) is 13.8 Å². The van der Waals surface area contributed by atoms with Gasteiger partial charge in [0.2, 0.25) is 0 Å². The quantitative estimate of drug-likeness (QED) is 0.580. The number of hydrogen-bond donors (Lipinski definition) is 0. The van der Waals surface area contributed by atoms with E-state index in [0.717, 1.165) is 0 Å². The first-order valence-corrected chi connectivity index (χ1v) is 3.72. The normalized spacial score (nSPS) is 12.5. The Balaban J connectivity index is 3.52. The van der Waals surface area contributed by atoms with Crippen molar-refractivity contribution in [3.05, 3.63) is 0 Å². The van der Waals surface area contributed by atoms with Gasteiger partial charge in [-0.15, -0.1) is 0 Å². The maximum atomic E-state index is 12.4. The fourth-order valence-electron chi connectivity index (χ4n) is 0.398. The Morgan fingerprint density at radius 2 is 1.91 bits per heavy atom. The van der Waals surface area contributed by atoms with Crippen molar-refractivity contribution in [3.8, 4) is 0 Å². The van der Waals surface area contributed by atoms with Gasteiger partial charge in [-0.25, -0.2) is 0 Å². The van der Waals surface area contributed by atoms with Crippen LogP contribution in [0.15, 0.2) is 0 Å². The van der Waals surface area contributed by atoms with E-state index >= 15 is 0 Å². The third-order valence-corrected chi connectivity index (χ3v) is 1.45. The number of nitrogens with zero attached hydrogens (tertiary/aromatic N) is 1. The van der Waals surface area contributed by atoms with Crippen molar-refractivity contribution in [2.45, 2.75) is 26.4 Å². The zero-order valence-corrected chi connectivity index (χ0v) is 7.23. The van der Waals surface area contributed by atoms with Gasteiger partial charge in [0.15, 0.2) is 0 Å². The molecule has 0 aromatic rings. The van der Waals surface area contributed by atoms with Crippen molar-refractivity contribution < 1.29 is 13.5 Å². The van der Waals surface area contributed by atoms with E-state index in [1.807, 2.05) is 6.92 Å². The van der Waals surface area contributed by atoms with Gasteiger partial charge in [-0.2, -0.15) is 8.78 Å². The number of rotatable bonds is 5. The van der Waals surface area contributed by atoms with Crippen molar-refractivity contribution in [2.24, 2.45) is 0 Å². The lowest BCUT2D eigenvalue weighted by Gasteiger charge is -2.19. The summed E-state index contributed by atoms with van der Waals surface area (Å²) in [5, 5.41) is 0. The third kappa shape index (κ3) is 5.09. The summed E-state index contributed by atoms with van der Waals surface area (Å²) in [7, 11) is 1.73. The van der Waals surface area contributed by atoms with E-state index in [4.69, 9.17) is 0 Å². The molecule has 0 aliphatic rings. The van der Waals surface area contributed by atoms with E-state index in [1.54, 1.807) is 11.9 Å². The zero-order valence-electron chi connectivity index (χ0n) is 7.23. The molecule has 0 aromatic carbocycles. The second-order valence-electron chi connectivity index (χ2n) is 2.44. The van der Waals surface area contributed by atoms with E-state index < -0.39 is 6.11 Å². The summed E-state index contributed by atoms with van der Waals surface area (Å²) in [4.78, 5) is 1.67. The molecule has 0 amide bonds. The van der Waals surface area contributed by atoms with Crippen LogP contribution in [-0.4, -0.2) is 31.3 Å². The maximum Gasteiger partial charge on any atom is 0.356 e. The van der Waals surface area contributed by atoms with Gasteiger partial charge in [0, 0.05) is 6.42 Å². The first-order valence-electron chi connectivity index (χ1n) is 3.72. The largest absolute Gasteiger partial charge is 0.356 e. The molecule has 0 aliphatic heterocycles. The first-order chi connectivity index (χ1) is 5.02. The highest BCUT2D eigenvalue weighted by Gasteiger charge is 2.26. The molecule has 0 aliphatic carbocycles. The van der Waals surface area contributed by atoms with E-state index in [1.165, 1.54) is 6.92 Å². The molecule has 0 radical (unpaired) electrons. The standard InChI is InChI=1S/C7H15F2NO/c1-4-7(8,9)11-6-10(3)5-2/h4-6H2,1-3H3. The Morgan fingerprint density at radius 1 is 1.36 bits per heavy atom. The summed E-state index contributed by atoms with van der Waals surface area (Å²) in [6.07, 6.45) is -3.24. The number of halogens is 2. The van der Waals surface area contributed by atoms with Crippen LogP contribution >= 0.6 is 0 Å². The van der Waals surface area contributed by atoms with Crippen LogP contribution in [-0.2, 0) is 4.74 Å². The summed E-state index contributed by atoms with van der Waals surface area (Å²) in [6.45, 7) is 3.97. The summed E-state index contributed by atoms with van der Waals surface area (Å²) < 4.78 is 29.1. The van der Waals surface area contributed by atoms with Gasteiger partial charge in [0.1, 0.15) is 6.73 Å². The Hall–Kier alpha value is -0.220. The molecule has 11 heavy (non-hydrogen) atoms. The van der Waals surface area contributed by atoms with Crippen LogP contribution in [0.1, 0.15) is 20.3 Å². The Bertz CT molecular complexity index is 109. The van der Waals surface area contributed by atoms with E-state index in [2.05, 4.69) is 4.74 Å². The highest BCUT2D eigenvalue weighted by Crippen LogP contribution is 2.18. The minimum absolute atomic E-state index is 0.0165. The minimum atomic E-state index is -2.97. The van der Waals surface area contributed by atoms with Crippen LogP contribution in [0.3, 0.4) is 0 Å². The highest BCUT2D eigenvalue weighted by molar-refractivity contribution is 4.47. The predicted octanol–water partition coefficient (Wildman–Crippen LogP) is 1.92. The molecule has 0 spiro atoms. The number of ether oxygens (including phenoxy) is 1. The molecule has 68 valence electrons. The fraction of sp³-hybridized carbons (Fsp3) is 1.00. The smallest absolute Gasteiger partial charge is 0.305 e. The molecule has 0 aromatic heterocycles. The van der Waals surface area contributed by atoms with Crippen LogP contribution in [0.4, 0.5) is 8.78 Å². The number of alkyl halides is 2. The summed E-state index contributed by atoms with van der Waals surface area (Å²) in [6, 6.07) is 0. The van der Waals surface area contributed by atoms with Crippen LogP contribution in [0, 0.1) is 0 Å². The second-order valence-corrected chi connectivity index (χ2v) is 2.44. The second kappa shape index (κ2) is 4.62. The van der Waals surface area contributed by atoms with E-state index in [0.29, 0.717) is 6.54 Å². The molecule has 0 saturated carbocycles. The molecule has 0 heterocycles. The Labute approximate surface area is 66.1 Å². The molecule has 0 bridgehead atoms. The van der Waals surface area contributed by atoms with Gasteiger partial charge in [-0.3, -0.25) is 4.90 Å². The van der Waals surface area contributed by atoms with Crippen LogP contribution < -0.4 is 0 Å². The molecule has 0 rings (SSSR count). The summed E-state index contributed by atoms with van der Waals surface area (Å²) >= 11 is 0. The molecule has 0 fully saturated rings. The average molecular weight is 167 g/mol. The van der Waals surface area contributed by atoms with Gasteiger partial charge >= 0.3 is 6.11 Å². The van der Waals surface area contributed by atoms with Crippen molar-refractivity contribution in [3.63, 3.8) is 0 Å². The lowest BCUT2D eigenvalue weighted by molar-refractivity contribution is -0.255. The van der Waals surface area contributed by atoms with Gasteiger partial charge in [0.05, 0.1) is 0 Å². The summed E-state index contributed by atoms with van der Waals surface area (Å²) in [5.74, 6) is 0. The highest BCUT2D eigenvalue weighted by atomic mass is 19.3. The van der Waals surface area contributed by atoms with E-state index in [9.17, 15) is 8.78 Å². The number of hydrogen-bond acceptors (Lipinski definition) is 2. The monoisotopic (exact) mass is 167 g/mol. The third-order valence-electron chi connectivity index (χ3n) is 1.45.